The number of benzene rings is 1. The molecule has 0 saturated carbocycles. The zero-order valence-electron chi connectivity index (χ0n) is 11.2. The van der Waals surface area contributed by atoms with Gasteiger partial charge in [0.25, 0.3) is 0 Å². The van der Waals surface area contributed by atoms with E-state index in [0.717, 1.165) is 29.5 Å². The fraction of sp³-hybridized carbons (Fsp3) is 0.385. The highest BCUT2D eigenvalue weighted by atomic mass is 35.5. The average Bonchev–Trinajstić information content (AvgIpc) is 2.80. The highest BCUT2D eigenvalue weighted by Gasteiger charge is 2.30. The summed E-state index contributed by atoms with van der Waals surface area (Å²) in [6, 6.07) is 4.90. The van der Waals surface area contributed by atoms with Gasteiger partial charge in [-0.25, -0.2) is 0 Å². The van der Waals surface area contributed by atoms with Crippen molar-refractivity contribution < 1.29 is 13.2 Å². The van der Waals surface area contributed by atoms with Crippen LogP contribution in [0, 0.1) is 0 Å². The van der Waals surface area contributed by atoms with E-state index in [1.165, 1.54) is 23.9 Å². The van der Waals surface area contributed by atoms with Crippen LogP contribution in [0.5, 0.6) is 0 Å². The third-order valence-electron chi connectivity index (χ3n) is 2.81. The van der Waals surface area contributed by atoms with E-state index in [2.05, 4.69) is 10.2 Å². The molecule has 0 amide bonds. The summed E-state index contributed by atoms with van der Waals surface area (Å²) < 4.78 is 39.4. The molecule has 0 bridgehead atoms. The molecule has 0 aliphatic heterocycles. The van der Waals surface area contributed by atoms with E-state index >= 15 is 0 Å². The van der Waals surface area contributed by atoms with Crippen molar-refractivity contribution in [1.82, 2.24) is 14.8 Å². The Hall–Kier alpha value is -1.21. The average molecular weight is 336 g/mol. The van der Waals surface area contributed by atoms with E-state index in [4.69, 9.17) is 11.6 Å². The molecule has 0 aliphatic carbocycles. The minimum absolute atomic E-state index is 0.539. The fourth-order valence-electron chi connectivity index (χ4n) is 1.72. The topological polar surface area (TPSA) is 30.7 Å². The molecule has 2 rings (SSSR count). The number of halogens is 4. The van der Waals surface area contributed by atoms with Gasteiger partial charge in [-0.3, -0.25) is 0 Å². The molecule has 114 valence electrons. The van der Waals surface area contributed by atoms with Gasteiger partial charge in [0.15, 0.2) is 11.0 Å². The van der Waals surface area contributed by atoms with Crippen molar-refractivity contribution in [3.05, 3.63) is 29.8 Å². The van der Waals surface area contributed by atoms with E-state index in [9.17, 15) is 13.2 Å². The van der Waals surface area contributed by atoms with Crippen LogP contribution in [0.4, 0.5) is 13.2 Å². The largest absolute Gasteiger partial charge is 0.416 e. The summed E-state index contributed by atoms with van der Waals surface area (Å²) in [5.74, 6) is 1.94. The van der Waals surface area contributed by atoms with Gasteiger partial charge >= 0.3 is 6.18 Å². The summed E-state index contributed by atoms with van der Waals surface area (Å²) in [5.41, 5.74) is -0.0766. The van der Waals surface area contributed by atoms with Crippen LogP contribution in [0.25, 0.3) is 11.4 Å². The number of rotatable bonds is 5. The molecule has 0 atom stereocenters. The molecule has 0 fully saturated rings. The fourth-order valence-corrected chi connectivity index (χ4v) is 2.86. The Kier molecular flexibility index (Phi) is 5.16. The molecule has 3 nitrogen and oxygen atoms in total. The van der Waals surface area contributed by atoms with Gasteiger partial charge in [-0.15, -0.1) is 21.8 Å². The summed E-state index contributed by atoms with van der Waals surface area (Å²) in [5, 5.41) is 8.80. The summed E-state index contributed by atoms with van der Waals surface area (Å²) in [6.45, 7) is 0. The van der Waals surface area contributed by atoms with Crippen molar-refractivity contribution in [1.29, 1.82) is 0 Å². The van der Waals surface area contributed by atoms with Crippen LogP contribution >= 0.6 is 23.4 Å². The van der Waals surface area contributed by atoms with Crippen molar-refractivity contribution in [3.8, 4) is 11.4 Å². The van der Waals surface area contributed by atoms with Crippen molar-refractivity contribution in [2.24, 2.45) is 7.05 Å². The highest BCUT2D eigenvalue weighted by Crippen LogP contribution is 2.31. The van der Waals surface area contributed by atoms with E-state index in [1.54, 1.807) is 11.6 Å². The first-order valence-electron chi connectivity index (χ1n) is 6.19. The van der Waals surface area contributed by atoms with Crippen LogP contribution in [0.2, 0.25) is 0 Å². The maximum Gasteiger partial charge on any atom is 0.416 e. The lowest BCUT2D eigenvalue weighted by atomic mass is 10.1. The molecule has 0 saturated heterocycles. The van der Waals surface area contributed by atoms with E-state index in [0.29, 0.717) is 17.3 Å². The Bertz CT molecular complexity index is 596. The number of hydrogen-bond donors (Lipinski definition) is 0. The van der Waals surface area contributed by atoms with Crippen LogP contribution < -0.4 is 0 Å². The Labute approximate surface area is 129 Å². The molecule has 0 radical (unpaired) electrons. The molecule has 1 aromatic heterocycles. The van der Waals surface area contributed by atoms with Gasteiger partial charge in [-0.05, 0) is 18.6 Å². The summed E-state index contributed by atoms with van der Waals surface area (Å²) >= 11 is 7.13. The molecule has 0 unspecified atom stereocenters. The maximum atomic E-state index is 12.5. The van der Waals surface area contributed by atoms with E-state index in [-0.39, 0.29) is 0 Å². The van der Waals surface area contributed by atoms with Crippen LogP contribution in [-0.2, 0) is 13.2 Å². The van der Waals surface area contributed by atoms with E-state index < -0.39 is 11.7 Å². The van der Waals surface area contributed by atoms with Crippen molar-refractivity contribution in [2.45, 2.75) is 17.8 Å². The Morgan fingerprint density at radius 2 is 1.86 bits per heavy atom. The second-order valence-corrected chi connectivity index (χ2v) is 5.77. The smallest absolute Gasteiger partial charge is 0.305 e. The van der Waals surface area contributed by atoms with Crippen molar-refractivity contribution in [3.63, 3.8) is 0 Å². The molecular weight excluding hydrogens is 323 g/mol. The predicted molar refractivity (Wildman–Crippen MR) is 77.5 cm³/mol. The summed E-state index contributed by atoms with van der Waals surface area (Å²) in [6.07, 6.45) is -3.48. The highest BCUT2D eigenvalue weighted by molar-refractivity contribution is 7.99. The SMILES string of the molecule is Cn1c(SCCCCl)nnc1-c1ccc(C(F)(F)F)cc1. The second kappa shape index (κ2) is 6.70. The number of thioether (sulfide) groups is 1. The second-order valence-electron chi connectivity index (χ2n) is 4.33. The molecule has 1 aromatic carbocycles. The number of hydrogen-bond acceptors (Lipinski definition) is 3. The van der Waals surface area contributed by atoms with Gasteiger partial charge in [-0.1, -0.05) is 23.9 Å². The van der Waals surface area contributed by atoms with Gasteiger partial charge in [0.05, 0.1) is 5.56 Å². The lowest BCUT2D eigenvalue weighted by Gasteiger charge is -2.07. The maximum absolute atomic E-state index is 12.5. The molecule has 0 N–H and O–H groups in total. The monoisotopic (exact) mass is 335 g/mol. The molecule has 21 heavy (non-hydrogen) atoms. The van der Waals surface area contributed by atoms with Crippen LogP contribution in [0.3, 0.4) is 0 Å². The number of alkyl halides is 4. The van der Waals surface area contributed by atoms with Gasteiger partial charge in [0.2, 0.25) is 0 Å². The molecule has 2 aromatic rings. The van der Waals surface area contributed by atoms with Gasteiger partial charge in [0.1, 0.15) is 0 Å². The lowest BCUT2D eigenvalue weighted by Crippen LogP contribution is -2.04. The molecule has 0 spiro atoms. The Morgan fingerprint density at radius 1 is 1.19 bits per heavy atom. The third kappa shape index (κ3) is 3.91. The van der Waals surface area contributed by atoms with Gasteiger partial charge in [-0.2, -0.15) is 13.2 Å². The minimum Gasteiger partial charge on any atom is -0.305 e. The van der Waals surface area contributed by atoms with Crippen LogP contribution in [0.15, 0.2) is 29.4 Å². The zero-order valence-corrected chi connectivity index (χ0v) is 12.8. The molecule has 0 aliphatic rings. The summed E-state index contributed by atoms with van der Waals surface area (Å²) in [7, 11) is 1.79. The van der Waals surface area contributed by atoms with Gasteiger partial charge < -0.3 is 4.57 Å². The lowest BCUT2D eigenvalue weighted by molar-refractivity contribution is -0.137. The minimum atomic E-state index is -4.33. The van der Waals surface area contributed by atoms with Crippen molar-refractivity contribution >= 4 is 23.4 Å². The van der Waals surface area contributed by atoms with E-state index in [1.807, 2.05) is 0 Å². The first-order chi connectivity index (χ1) is 9.93. The third-order valence-corrected chi connectivity index (χ3v) is 4.19. The Morgan fingerprint density at radius 3 is 2.43 bits per heavy atom. The first-order valence-corrected chi connectivity index (χ1v) is 7.71. The van der Waals surface area contributed by atoms with Crippen LogP contribution in [0.1, 0.15) is 12.0 Å². The Balaban J connectivity index is 2.19. The quantitative estimate of drug-likeness (QED) is 0.465. The number of nitrogens with zero attached hydrogens (tertiary/aromatic N) is 3. The van der Waals surface area contributed by atoms with Crippen LogP contribution in [-0.4, -0.2) is 26.4 Å². The predicted octanol–water partition coefficient (Wildman–Crippen LogP) is 4.22. The number of aromatic nitrogens is 3. The molecule has 1 heterocycles. The zero-order chi connectivity index (χ0) is 15.5. The normalized spacial score (nSPS) is 11.9. The summed E-state index contributed by atoms with van der Waals surface area (Å²) in [4.78, 5) is 0. The standard InChI is InChI=1S/C13H13ClF3N3S/c1-20-11(18-19-12(20)21-8-2-7-14)9-3-5-10(6-4-9)13(15,16)17/h3-6H,2,7-8H2,1H3. The molecular formula is C13H13ClF3N3S. The van der Waals surface area contributed by atoms with Gasteiger partial charge in [0, 0.05) is 24.2 Å². The molecule has 8 heteroatoms. The van der Waals surface area contributed by atoms with Crippen molar-refractivity contribution in [2.75, 3.05) is 11.6 Å². The first kappa shape index (κ1) is 16.2.